The number of hydrogen-bond donors (Lipinski definition) is 0. The quantitative estimate of drug-likeness (QED) is 0.671. The van der Waals surface area contributed by atoms with Crippen LogP contribution in [0.1, 0.15) is 25.7 Å². The van der Waals surface area contributed by atoms with Crippen LogP contribution in [-0.4, -0.2) is 18.8 Å². The summed E-state index contributed by atoms with van der Waals surface area (Å²) < 4.78 is 39.7. The number of ether oxygens (including phenoxy) is 1. The van der Waals surface area contributed by atoms with Crippen molar-refractivity contribution in [2.45, 2.75) is 31.9 Å². The molecule has 0 spiro atoms. The van der Waals surface area contributed by atoms with E-state index in [9.17, 15) is 18.0 Å². The van der Waals surface area contributed by atoms with E-state index in [1.54, 1.807) is 0 Å². The van der Waals surface area contributed by atoms with E-state index < -0.39 is 18.8 Å². The highest BCUT2D eigenvalue weighted by molar-refractivity contribution is 5.73. The topological polar surface area (TPSA) is 26.3 Å². The van der Waals surface area contributed by atoms with Crippen LogP contribution in [0.3, 0.4) is 0 Å². The summed E-state index contributed by atoms with van der Waals surface area (Å²) in [5, 5.41) is 0. The van der Waals surface area contributed by atoms with Gasteiger partial charge in [-0.2, -0.15) is 13.2 Å². The third-order valence-electron chi connectivity index (χ3n) is 3.42. The van der Waals surface area contributed by atoms with E-state index >= 15 is 0 Å². The Kier molecular flexibility index (Phi) is 2.64. The van der Waals surface area contributed by atoms with Gasteiger partial charge in [-0.1, -0.05) is 6.42 Å². The molecule has 0 aromatic rings. The van der Waals surface area contributed by atoms with Crippen LogP contribution >= 0.6 is 0 Å². The van der Waals surface area contributed by atoms with Gasteiger partial charge in [0.15, 0.2) is 6.61 Å². The highest BCUT2D eigenvalue weighted by atomic mass is 19.4. The van der Waals surface area contributed by atoms with Crippen molar-refractivity contribution in [1.82, 2.24) is 0 Å². The lowest BCUT2D eigenvalue weighted by Gasteiger charge is -2.20. The monoisotopic (exact) mass is 222 g/mol. The van der Waals surface area contributed by atoms with Crippen LogP contribution in [-0.2, 0) is 9.53 Å². The van der Waals surface area contributed by atoms with Gasteiger partial charge in [-0.3, -0.25) is 4.79 Å². The first-order chi connectivity index (χ1) is 6.96. The number of carbonyl (C=O) groups excluding carboxylic acids is 1. The Labute approximate surface area is 85.8 Å². The van der Waals surface area contributed by atoms with Gasteiger partial charge in [0.1, 0.15) is 0 Å². The van der Waals surface area contributed by atoms with E-state index in [4.69, 9.17) is 0 Å². The molecule has 0 amide bonds. The molecular weight excluding hydrogens is 209 g/mol. The predicted molar refractivity (Wildman–Crippen MR) is 46.0 cm³/mol. The molecule has 3 atom stereocenters. The molecule has 2 aliphatic carbocycles. The summed E-state index contributed by atoms with van der Waals surface area (Å²) in [5.41, 5.74) is 0. The number of rotatable bonds is 2. The molecule has 2 fully saturated rings. The largest absolute Gasteiger partial charge is 0.456 e. The zero-order valence-corrected chi connectivity index (χ0v) is 8.22. The first-order valence-electron chi connectivity index (χ1n) is 5.19. The van der Waals surface area contributed by atoms with Crippen molar-refractivity contribution >= 4 is 5.97 Å². The zero-order chi connectivity index (χ0) is 11.1. The molecular formula is C10H13F3O2. The average molecular weight is 222 g/mol. The van der Waals surface area contributed by atoms with Gasteiger partial charge in [0.05, 0.1) is 5.92 Å². The Morgan fingerprint density at radius 3 is 2.47 bits per heavy atom. The van der Waals surface area contributed by atoms with E-state index in [-0.39, 0.29) is 11.8 Å². The summed E-state index contributed by atoms with van der Waals surface area (Å²) in [4.78, 5) is 11.4. The summed E-state index contributed by atoms with van der Waals surface area (Å²) in [6.45, 7) is -1.44. The Morgan fingerprint density at radius 2 is 2.00 bits per heavy atom. The van der Waals surface area contributed by atoms with Gasteiger partial charge in [-0.25, -0.2) is 0 Å². The average Bonchev–Trinajstić information content (AvgIpc) is 2.73. The number of halogens is 3. The molecule has 86 valence electrons. The fraction of sp³-hybridized carbons (Fsp3) is 0.900. The van der Waals surface area contributed by atoms with Crippen molar-refractivity contribution < 1.29 is 22.7 Å². The second-order valence-electron chi connectivity index (χ2n) is 4.50. The van der Waals surface area contributed by atoms with Gasteiger partial charge in [0.2, 0.25) is 0 Å². The van der Waals surface area contributed by atoms with Crippen molar-refractivity contribution in [1.29, 1.82) is 0 Å². The molecule has 0 N–H and O–H groups in total. The second kappa shape index (κ2) is 3.68. The van der Waals surface area contributed by atoms with Crippen molar-refractivity contribution in [3.05, 3.63) is 0 Å². The van der Waals surface area contributed by atoms with Crippen LogP contribution in [0.15, 0.2) is 0 Å². The molecule has 2 rings (SSSR count). The number of carbonyl (C=O) groups is 1. The SMILES string of the molecule is O=C(OCC(F)(F)F)C1CC2CCC1C2. The van der Waals surface area contributed by atoms with E-state index in [2.05, 4.69) is 4.74 Å². The van der Waals surface area contributed by atoms with E-state index in [1.807, 2.05) is 0 Å². The highest BCUT2D eigenvalue weighted by Gasteiger charge is 2.44. The molecule has 0 saturated heterocycles. The Balaban J connectivity index is 1.82. The zero-order valence-electron chi connectivity index (χ0n) is 8.22. The molecule has 15 heavy (non-hydrogen) atoms. The molecule has 5 heteroatoms. The minimum atomic E-state index is -4.41. The molecule has 0 radical (unpaired) electrons. The number of esters is 1. The van der Waals surface area contributed by atoms with Gasteiger partial charge < -0.3 is 4.74 Å². The molecule has 0 aromatic heterocycles. The molecule has 0 aliphatic heterocycles. The maximum absolute atomic E-state index is 11.8. The van der Waals surface area contributed by atoms with Crippen LogP contribution in [0.2, 0.25) is 0 Å². The summed E-state index contributed by atoms with van der Waals surface area (Å²) in [5.74, 6) is -0.111. The van der Waals surface area contributed by atoms with E-state index in [0.29, 0.717) is 5.92 Å². The Hall–Kier alpha value is -0.740. The van der Waals surface area contributed by atoms with Gasteiger partial charge in [-0.05, 0) is 31.1 Å². The molecule has 0 heterocycles. The van der Waals surface area contributed by atoms with E-state index in [0.717, 1.165) is 25.7 Å². The standard InChI is InChI=1S/C10H13F3O2/c11-10(12,13)5-15-9(14)8-4-6-1-2-7(8)3-6/h6-8H,1-5H2. The predicted octanol–water partition coefficient (Wildman–Crippen LogP) is 2.53. The first-order valence-corrected chi connectivity index (χ1v) is 5.19. The lowest BCUT2D eigenvalue weighted by Crippen LogP contribution is -2.27. The second-order valence-corrected chi connectivity index (χ2v) is 4.50. The summed E-state index contributed by atoms with van der Waals surface area (Å²) in [6.07, 6.45) is -0.607. The van der Waals surface area contributed by atoms with Gasteiger partial charge in [-0.15, -0.1) is 0 Å². The minimum Gasteiger partial charge on any atom is -0.456 e. The van der Waals surface area contributed by atoms with Crippen LogP contribution in [0, 0.1) is 17.8 Å². The number of alkyl halides is 3. The maximum atomic E-state index is 11.8. The van der Waals surface area contributed by atoms with Crippen molar-refractivity contribution in [2.24, 2.45) is 17.8 Å². The van der Waals surface area contributed by atoms with Crippen molar-refractivity contribution in [3.8, 4) is 0 Å². The summed E-state index contributed by atoms with van der Waals surface area (Å²) in [6, 6.07) is 0. The fourth-order valence-corrected chi connectivity index (χ4v) is 2.79. The highest BCUT2D eigenvalue weighted by Crippen LogP contribution is 2.48. The fourth-order valence-electron chi connectivity index (χ4n) is 2.79. The van der Waals surface area contributed by atoms with Gasteiger partial charge >= 0.3 is 12.1 Å². The first kappa shape index (κ1) is 10.8. The summed E-state index contributed by atoms with van der Waals surface area (Å²) >= 11 is 0. The third-order valence-corrected chi connectivity index (χ3v) is 3.42. The number of fused-ring (bicyclic) bond motifs is 2. The van der Waals surface area contributed by atoms with Crippen LogP contribution in [0.5, 0.6) is 0 Å². The van der Waals surface area contributed by atoms with Crippen LogP contribution in [0.25, 0.3) is 0 Å². The molecule has 0 aromatic carbocycles. The van der Waals surface area contributed by atoms with Crippen LogP contribution < -0.4 is 0 Å². The van der Waals surface area contributed by atoms with E-state index in [1.165, 1.54) is 0 Å². The molecule has 2 saturated carbocycles. The van der Waals surface area contributed by atoms with Crippen LogP contribution in [0.4, 0.5) is 13.2 Å². The number of hydrogen-bond acceptors (Lipinski definition) is 2. The van der Waals surface area contributed by atoms with Crippen molar-refractivity contribution in [2.75, 3.05) is 6.61 Å². The normalized spacial score (nSPS) is 34.5. The minimum absolute atomic E-state index is 0.272. The Bertz CT molecular complexity index is 262. The summed E-state index contributed by atoms with van der Waals surface area (Å²) in [7, 11) is 0. The lowest BCUT2D eigenvalue weighted by atomic mass is 9.89. The molecule has 3 unspecified atom stereocenters. The third kappa shape index (κ3) is 2.44. The Morgan fingerprint density at radius 1 is 1.27 bits per heavy atom. The molecule has 2 aliphatic rings. The lowest BCUT2D eigenvalue weighted by molar-refractivity contribution is -0.190. The maximum Gasteiger partial charge on any atom is 0.422 e. The molecule has 2 nitrogen and oxygen atoms in total. The molecule has 2 bridgehead atoms. The van der Waals surface area contributed by atoms with Gasteiger partial charge in [0.25, 0.3) is 0 Å². The smallest absolute Gasteiger partial charge is 0.422 e. The van der Waals surface area contributed by atoms with Gasteiger partial charge in [0, 0.05) is 0 Å². The van der Waals surface area contributed by atoms with Crippen molar-refractivity contribution in [3.63, 3.8) is 0 Å².